The smallest absolute Gasteiger partial charge is 0.313 e. The summed E-state index contributed by atoms with van der Waals surface area (Å²) in [5.74, 6) is -3.68. The summed E-state index contributed by atoms with van der Waals surface area (Å²) >= 11 is 3.77. The van der Waals surface area contributed by atoms with Crippen LogP contribution >= 0.6 is 15.9 Å². The van der Waals surface area contributed by atoms with Crippen LogP contribution in [0.1, 0.15) is 49.0 Å². The summed E-state index contributed by atoms with van der Waals surface area (Å²) in [4.78, 5) is 62.4. The normalized spacial score (nSPS) is 25.4. The van der Waals surface area contributed by atoms with E-state index in [2.05, 4.69) is 29.1 Å². The highest BCUT2D eigenvalue weighted by Crippen LogP contribution is 2.61. The summed E-state index contributed by atoms with van der Waals surface area (Å²) in [6.45, 7) is 9.52. The highest BCUT2D eigenvalue weighted by Gasteiger charge is 2.77. The third kappa shape index (κ3) is 7.92. The topological polar surface area (TPSA) is 117 Å². The van der Waals surface area contributed by atoms with Crippen LogP contribution in [0, 0.1) is 11.8 Å². The first-order valence-corrected chi connectivity index (χ1v) is 19.8. The molecule has 9 atom stereocenters. The van der Waals surface area contributed by atoms with E-state index in [-0.39, 0.29) is 42.6 Å². The average molecular weight is 813 g/mol. The van der Waals surface area contributed by atoms with Gasteiger partial charge < -0.3 is 29.3 Å². The lowest BCUT2D eigenvalue weighted by molar-refractivity contribution is -0.165. The number of benzene rings is 3. The molecule has 3 aliphatic rings. The van der Waals surface area contributed by atoms with Crippen molar-refractivity contribution in [2.75, 3.05) is 20.2 Å². The van der Waals surface area contributed by atoms with Gasteiger partial charge in [-0.3, -0.25) is 19.2 Å². The van der Waals surface area contributed by atoms with Gasteiger partial charge in [-0.1, -0.05) is 119 Å². The first-order valence-electron chi connectivity index (χ1n) is 18.9. The second-order valence-corrected chi connectivity index (χ2v) is 15.9. The van der Waals surface area contributed by atoms with Crippen LogP contribution in [-0.2, 0) is 41.6 Å². The van der Waals surface area contributed by atoms with Crippen molar-refractivity contribution in [3.8, 4) is 0 Å². The molecule has 3 fully saturated rings. The van der Waals surface area contributed by atoms with E-state index in [0.717, 1.165) is 11.1 Å². The van der Waals surface area contributed by atoms with E-state index in [4.69, 9.17) is 9.47 Å². The molecule has 0 radical (unpaired) electrons. The van der Waals surface area contributed by atoms with Gasteiger partial charge in [0, 0.05) is 31.4 Å². The second-order valence-electron chi connectivity index (χ2n) is 14.8. The van der Waals surface area contributed by atoms with Crippen molar-refractivity contribution in [2.45, 2.75) is 79.9 Å². The zero-order valence-electron chi connectivity index (χ0n) is 31.4. The monoisotopic (exact) mass is 811 g/mol. The fraction of sp³-hybridized carbons (Fsp3) is 0.409. The first kappa shape index (κ1) is 40.1. The Hall–Kier alpha value is -4.58. The number of hydrogen-bond acceptors (Lipinski definition) is 7. The Balaban J connectivity index is 1.39. The van der Waals surface area contributed by atoms with Gasteiger partial charge in [0.1, 0.15) is 17.7 Å². The summed E-state index contributed by atoms with van der Waals surface area (Å²) in [7, 11) is 1.69. The molecule has 0 saturated carbocycles. The number of aliphatic hydroxyl groups is 1. The number of hydrogen-bond donors (Lipinski definition) is 1. The molecule has 10 nitrogen and oxygen atoms in total. The molecule has 0 aliphatic carbocycles. The average Bonchev–Trinajstić information content (AvgIpc) is 3.81. The number of likely N-dealkylation sites (tertiary alicyclic amines) is 1. The Morgan fingerprint density at radius 2 is 1.62 bits per heavy atom. The summed E-state index contributed by atoms with van der Waals surface area (Å²) < 4.78 is 13.2. The van der Waals surface area contributed by atoms with Crippen LogP contribution < -0.4 is 0 Å². The maximum atomic E-state index is 15.1. The highest BCUT2D eigenvalue weighted by molar-refractivity contribution is 9.09. The maximum absolute atomic E-state index is 15.1. The lowest BCUT2D eigenvalue weighted by Crippen LogP contribution is -2.59. The van der Waals surface area contributed by atoms with Crippen molar-refractivity contribution in [1.82, 2.24) is 14.7 Å². The van der Waals surface area contributed by atoms with E-state index in [1.54, 1.807) is 29.0 Å². The molecule has 55 heavy (non-hydrogen) atoms. The molecule has 3 aromatic carbocycles. The highest BCUT2D eigenvalue weighted by atomic mass is 79.9. The molecular weight excluding hydrogens is 762 g/mol. The lowest BCUT2D eigenvalue weighted by atomic mass is 9.70. The Morgan fingerprint density at radius 3 is 2.22 bits per heavy atom. The third-order valence-corrected chi connectivity index (χ3v) is 12.2. The lowest BCUT2D eigenvalue weighted by Gasteiger charge is -2.39. The number of aliphatic hydroxyl groups excluding tert-OH is 1. The van der Waals surface area contributed by atoms with E-state index < -0.39 is 66.3 Å². The molecule has 3 aliphatic heterocycles. The van der Waals surface area contributed by atoms with Gasteiger partial charge in [0.05, 0.1) is 36.6 Å². The number of esters is 1. The van der Waals surface area contributed by atoms with Gasteiger partial charge in [-0.25, -0.2) is 0 Å². The van der Waals surface area contributed by atoms with Crippen LogP contribution in [-0.4, -0.2) is 98.4 Å². The number of rotatable bonds is 17. The molecule has 1 N–H and O–H groups in total. The van der Waals surface area contributed by atoms with Crippen molar-refractivity contribution in [2.24, 2.45) is 11.8 Å². The summed E-state index contributed by atoms with van der Waals surface area (Å²) in [5.41, 5.74) is 1.09. The first-order chi connectivity index (χ1) is 26.6. The van der Waals surface area contributed by atoms with Gasteiger partial charge in [-0.2, -0.15) is 0 Å². The number of carbonyl (C=O) groups excluding carboxylic acids is 4. The van der Waals surface area contributed by atoms with Gasteiger partial charge >= 0.3 is 5.97 Å². The Labute approximate surface area is 331 Å². The van der Waals surface area contributed by atoms with Gasteiger partial charge in [-0.15, -0.1) is 13.2 Å². The number of fused-ring (bicyclic) bond motifs is 1. The number of ether oxygens (including phenoxy) is 2. The maximum Gasteiger partial charge on any atom is 0.313 e. The molecule has 290 valence electrons. The summed E-state index contributed by atoms with van der Waals surface area (Å²) in [6.07, 6.45) is 3.05. The van der Waals surface area contributed by atoms with Crippen molar-refractivity contribution < 1.29 is 33.8 Å². The van der Waals surface area contributed by atoms with Gasteiger partial charge in [-0.05, 0) is 42.9 Å². The van der Waals surface area contributed by atoms with Crippen molar-refractivity contribution in [3.63, 3.8) is 0 Å². The van der Waals surface area contributed by atoms with Crippen LogP contribution in [0.4, 0.5) is 0 Å². The zero-order chi connectivity index (χ0) is 39.3. The SMILES string of the molecule is C=CCCC(=O)N(C)[C@@H](C)[C@@H](OC(=O)[C@@H]1[C@H]2O[C@@]3(CC2Br)[C@H](C(=O)N(CC=C)Cc2ccccc2)N([C@@H](CO)Cc2ccccc2)C(=O)[C@@H]13)c1ccccc1. The molecule has 6 rings (SSSR count). The van der Waals surface area contributed by atoms with Crippen LogP contribution in [0.5, 0.6) is 0 Å². The Morgan fingerprint density at radius 1 is 1.00 bits per heavy atom. The van der Waals surface area contributed by atoms with Gasteiger partial charge in [0.15, 0.2) is 0 Å². The predicted molar refractivity (Wildman–Crippen MR) is 213 cm³/mol. The fourth-order valence-corrected chi connectivity index (χ4v) is 9.58. The summed E-state index contributed by atoms with van der Waals surface area (Å²) in [5, 5.41) is 10.9. The number of halogens is 1. The minimum Gasteiger partial charge on any atom is -0.455 e. The Bertz CT molecular complexity index is 1850. The molecule has 3 amide bonds. The number of amides is 3. The van der Waals surface area contributed by atoms with Crippen LogP contribution in [0.15, 0.2) is 116 Å². The van der Waals surface area contributed by atoms with E-state index in [9.17, 15) is 14.7 Å². The second kappa shape index (κ2) is 17.5. The molecule has 0 aromatic heterocycles. The van der Waals surface area contributed by atoms with Crippen LogP contribution in [0.2, 0.25) is 0 Å². The van der Waals surface area contributed by atoms with E-state index in [0.29, 0.717) is 18.4 Å². The number of likely N-dealkylation sites (N-methyl/N-ethyl adjacent to an activating group) is 1. The molecule has 3 saturated heterocycles. The number of nitrogens with zero attached hydrogens (tertiary/aromatic N) is 3. The molecule has 1 spiro atoms. The molecular formula is C44H50BrN3O7. The van der Waals surface area contributed by atoms with Crippen LogP contribution in [0.25, 0.3) is 0 Å². The number of alkyl halides is 1. The predicted octanol–water partition coefficient (Wildman–Crippen LogP) is 5.65. The zero-order valence-corrected chi connectivity index (χ0v) is 33.0. The standard InChI is InChI=1S/C44H50BrN3O7/c1-5-7-23-35(50)46(4)29(3)38(32-21-15-10-16-22-32)54-43(53)36-37-41(51)48(33(28-49)25-30-17-11-8-12-18-30)40(44(37)26-34(45)39(36)55-44)42(52)47(24-6-2)27-31-19-13-9-14-20-31/h5-6,8-22,29,33-34,36-40,49H,1-2,7,23-28H2,3-4H3/t29-,33+,34?,36-,37+,38+,39-,40-,44+/m0/s1. The van der Waals surface area contributed by atoms with E-state index in [1.807, 2.05) is 97.9 Å². The minimum absolute atomic E-state index is 0.122. The van der Waals surface area contributed by atoms with Crippen molar-refractivity contribution in [3.05, 3.63) is 133 Å². The van der Waals surface area contributed by atoms with Crippen molar-refractivity contribution >= 4 is 39.6 Å². The molecule has 11 heteroatoms. The van der Waals surface area contributed by atoms with Gasteiger partial charge in [0.2, 0.25) is 17.7 Å². The van der Waals surface area contributed by atoms with Crippen molar-refractivity contribution in [1.29, 1.82) is 0 Å². The van der Waals surface area contributed by atoms with Gasteiger partial charge in [0.25, 0.3) is 0 Å². The fourth-order valence-electron chi connectivity index (χ4n) is 8.64. The summed E-state index contributed by atoms with van der Waals surface area (Å²) in [6, 6.07) is 25.8. The Kier molecular flexibility index (Phi) is 12.7. The largest absolute Gasteiger partial charge is 0.455 e. The number of carbonyl (C=O) groups is 4. The molecule has 1 unspecified atom stereocenters. The van der Waals surface area contributed by atoms with E-state index >= 15 is 9.59 Å². The molecule has 3 aromatic rings. The van der Waals surface area contributed by atoms with Crippen LogP contribution in [0.3, 0.4) is 0 Å². The molecule has 3 heterocycles. The number of allylic oxidation sites excluding steroid dienone is 1. The third-order valence-electron chi connectivity index (χ3n) is 11.4. The minimum atomic E-state index is -1.39. The quantitative estimate of drug-likeness (QED) is 0.107. The van der Waals surface area contributed by atoms with E-state index in [1.165, 1.54) is 4.90 Å². The molecule has 2 bridgehead atoms.